The molecular weight excluding hydrogens is 453 g/mol. The summed E-state index contributed by atoms with van der Waals surface area (Å²) >= 11 is 0. The van der Waals surface area contributed by atoms with E-state index >= 15 is 0 Å². The van der Waals surface area contributed by atoms with Crippen molar-refractivity contribution >= 4 is 29.9 Å². The van der Waals surface area contributed by atoms with E-state index in [1.165, 1.54) is 18.2 Å². The number of nitrogens with one attached hydrogen (secondary N) is 2. The van der Waals surface area contributed by atoms with Crippen LogP contribution < -0.4 is 10.6 Å². The molecular formula is C18H29F2IN4O. The second-order valence-electron chi connectivity index (χ2n) is 5.95. The van der Waals surface area contributed by atoms with E-state index in [0.29, 0.717) is 19.0 Å². The van der Waals surface area contributed by atoms with Gasteiger partial charge in [-0.15, -0.1) is 24.0 Å². The molecule has 1 aromatic carbocycles. The van der Waals surface area contributed by atoms with E-state index in [2.05, 4.69) is 20.5 Å². The van der Waals surface area contributed by atoms with Crippen molar-refractivity contribution in [2.45, 2.75) is 19.8 Å². The number of hydrogen-bond donors (Lipinski definition) is 2. The first kappa shape index (κ1) is 23.0. The van der Waals surface area contributed by atoms with E-state index < -0.39 is 11.6 Å². The zero-order valence-corrected chi connectivity index (χ0v) is 17.6. The third-order valence-corrected chi connectivity index (χ3v) is 4.08. The highest BCUT2D eigenvalue weighted by atomic mass is 127. The van der Waals surface area contributed by atoms with Gasteiger partial charge in [-0.3, -0.25) is 9.89 Å². The summed E-state index contributed by atoms with van der Waals surface area (Å²) in [5.41, 5.74) is 0.109. The highest BCUT2D eigenvalue weighted by Crippen LogP contribution is 2.11. The molecule has 148 valence electrons. The van der Waals surface area contributed by atoms with Gasteiger partial charge in [0.1, 0.15) is 11.6 Å². The summed E-state index contributed by atoms with van der Waals surface area (Å²) in [5.74, 6) is -0.329. The lowest BCUT2D eigenvalue weighted by molar-refractivity contribution is 0.0377. The predicted molar refractivity (Wildman–Crippen MR) is 111 cm³/mol. The zero-order valence-electron chi connectivity index (χ0n) is 15.3. The maximum Gasteiger partial charge on any atom is 0.191 e. The van der Waals surface area contributed by atoms with Gasteiger partial charge in [0, 0.05) is 44.8 Å². The topological polar surface area (TPSA) is 48.9 Å². The minimum Gasteiger partial charge on any atom is -0.379 e. The molecule has 0 unspecified atom stereocenters. The molecule has 1 fully saturated rings. The maximum atomic E-state index is 13.6. The smallest absolute Gasteiger partial charge is 0.191 e. The van der Waals surface area contributed by atoms with Gasteiger partial charge in [-0.2, -0.15) is 0 Å². The first-order valence-corrected chi connectivity index (χ1v) is 8.96. The largest absolute Gasteiger partial charge is 0.379 e. The van der Waals surface area contributed by atoms with Gasteiger partial charge in [0.25, 0.3) is 0 Å². The van der Waals surface area contributed by atoms with Crippen molar-refractivity contribution in [2.24, 2.45) is 4.99 Å². The second-order valence-corrected chi connectivity index (χ2v) is 5.95. The first-order valence-electron chi connectivity index (χ1n) is 8.96. The van der Waals surface area contributed by atoms with Crippen molar-refractivity contribution in [3.05, 3.63) is 35.4 Å². The number of benzene rings is 1. The molecule has 0 spiro atoms. The Morgan fingerprint density at radius 3 is 2.54 bits per heavy atom. The van der Waals surface area contributed by atoms with Gasteiger partial charge in [-0.25, -0.2) is 8.78 Å². The van der Waals surface area contributed by atoms with E-state index in [1.54, 1.807) is 0 Å². The summed E-state index contributed by atoms with van der Waals surface area (Å²) in [4.78, 5) is 6.90. The SMILES string of the molecule is CCNC(=NCCCN1CCOCC1)NCCc1c(F)cccc1F.I. The van der Waals surface area contributed by atoms with Crippen LogP contribution in [0.1, 0.15) is 18.9 Å². The van der Waals surface area contributed by atoms with E-state index in [1.807, 2.05) is 6.92 Å². The normalized spacial score (nSPS) is 15.4. The van der Waals surface area contributed by atoms with Crippen LogP contribution in [-0.4, -0.2) is 63.3 Å². The Hall–Kier alpha value is -1.000. The lowest BCUT2D eigenvalue weighted by atomic mass is 10.1. The van der Waals surface area contributed by atoms with E-state index in [4.69, 9.17) is 4.74 Å². The predicted octanol–water partition coefficient (Wildman–Crippen LogP) is 2.40. The quantitative estimate of drug-likeness (QED) is 0.259. The maximum absolute atomic E-state index is 13.6. The number of morpholine rings is 1. The molecule has 0 aliphatic carbocycles. The van der Waals surface area contributed by atoms with Gasteiger partial charge < -0.3 is 15.4 Å². The van der Waals surface area contributed by atoms with Crippen LogP contribution in [0.5, 0.6) is 0 Å². The van der Waals surface area contributed by atoms with Gasteiger partial charge in [-0.05, 0) is 31.9 Å². The molecule has 26 heavy (non-hydrogen) atoms. The molecule has 1 heterocycles. The van der Waals surface area contributed by atoms with Crippen molar-refractivity contribution < 1.29 is 13.5 Å². The Kier molecular flexibility index (Phi) is 11.7. The van der Waals surface area contributed by atoms with Gasteiger partial charge in [0.15, 0.2) is 5.96 Å². The molecule has 2 rings (SSSR count). The van der Waals surface area contributed by atoms with Crippen LogP contribution in [0.15, 0.2) is 23.2 Å². The average Bonchev–Trinajstić information content (AvgIpc) is 2.62. The minimum atomic E-state index is -0.505. The first-order chi connectivity index (χ1) is 12.2. The third-order valence-electron chi connectivity index (χ3n) is 4.08. The van der Waals surface area contributed by atoms with Crippen molar-refractivity contribution in [3.8, 4) is 0 Å². The fraction of sp³-hybridized carbons (Fsp3) is 0.611. The summed E-state index contributed by atoms with van der Waals surface area (Å²) in [7, 11) is 0. The number of ether oxygens (including phenoxy) is 1. The lowest BCUT2D eigenvalue weighted by Gasteiger charge is -2.26. The van der Waals surface area contributed by atoms with Crippen molar-refractivity contribution in [2.75, 3.05) is 52.5 Å². The van der Waals surface area contributed by atoms with Gasteiger partial charge >= 0.3 is 0 Å². The van der Waals surface area contributed by atoms with Crippen LogP contribution in [0.4, 0.5) is 8.78 Å². The summed E-state index contributed by atoms with van der Waals surface area (Å²) in [5, 5.41) is 6.29. The van der Waals surface area contributed by atoms with Gasteiger partial charge in [0.05, 0.1) is 13.2 Å². The third kappa shape index (κ3) is 8.13. The number of guanidine groups is 1. The second kappa shape index (κ2) is 13.2. The molecule has 1 aromatic rings. The summed E-state index contributed by atoms with van der Waals surface area (Å²) in [6, 6.07) is 3.94. The van der Waals surface area contributed by atoms with Crippen LogP contribution in [0.25, 0.3) is 0 Å². The highest BCUT2D eigenvalue weighted by Gasteiger charge is 2.10. The number of hydrogen-bond acceptors (Lipinski definition) is 3. The standard InChI is InChI=1S/C18H28F2N4O.HI/c1-2-21-18(22-8-4-10-24-11-13-25-14-12-24)23-9-7-15-16(19)5-3-6-17(15)20;/h3,5-6H,2,4,7-14H2,1H3,(H2,21,22,23);1H. The molecule has 0 atom stereocenters. The Morgan fingerprint density at radius 2 is 1.88 bits per heavy atom. The molecule has 0 radical (unpaired) electrons. The van der Waals surface area contributed by atoms with Crippen LogP contribution in [0.3, 0.4) is 0 Å². The molecule has 0 saturated carbocycles. The minimum absolute atomic E-state index is 0. The van der Waals surface area contributed by atoms with E-state index in [-0.39, 0.29) is 36.0 Å². The lowest BCUT2D eigenvalue weighted by Crippen LogP contribution is -2.39. The Morgan fingerprint density at radius 1 is 1.19 bits per heavy atom. The highest BCUT2D eigenvalue weighted by molar-refractivity contribution is 14.0. The average molecular weight is 482 g/mol. The van der Waals surface area contributed by atoms with Crippen LogP contribution in [-0.2, 0) is 11.2 Å². The van der Waals surface area contributed by atoms with Crippen LogP contribution >= 0.6 is 24.0 Å². The van der Waals surface area contributed by atoms with Crippen molar-refractivity contribution in [1.29, 1.82) is 0 Å². The molecule has 0 aromatic heterocycles. The molecule has 0 amide bonds. The Balaban J connectivity index is 0.00000338. The molecule has 5 nitrogen and oxygen atoms in total. The van der Waals surface area contributed by atoms with E-state index in [0.717, 1.165) is 45.8 Å². The van der Waals surface area contributed by atoms with Crippen LogP contribution in [0, 0.1) is 11.6 Å². The molecule has 1 aliphatic heterocycles. The summed E-state index contributed by atoms with van der Waals surface area (Å²) in [6.07, 6.45) is 1.25. The molecule has 1 saturated heterocycles. The van der Waals surface area contributed by atoms with E-state index in [9.17, 15) is 8.78 Å². The molecule has 0 bridgehead atoms. The number of aliphatic imine (C=N–C) groups is 1. The Bertz CT molecular complexity index is 534. The fourth-order valence-corrected chi connectivity index (χ4v) is 2.73. The number of halogens is 3. The van der Waals surface area contributed by atoms with Gasteiger partial charge in [-0.1, -0.05) is 6.07 Å². The van der Waals surface area contributed by atoms with Crippen molar-refractivity contribution in [3.63, 3.8) is 0 Å². The van der Waals surface area contributed by atoms with Crippen LogP contribution in [0.2, 0.25) is 0 Å². The molecule has 8 heteroatoms. The molecule has 2 N–H and O–H groups in total. The van der Waals surface area contributed by atoms with Crippen molar-refractivity contribution in [1.82, 2.24) is 15.5 Å². The summed E-state index contributed by atoms with van der Waals surface area (Å²) in [6.45, 7) is 8.44. The number of nitrogens with zero attached hydrogens (tertiary/aromatic N) is 2. The monoisotopic (exact) mass is 482 g/mol. The van der Waals surface area contributed by atoms with Gasteiger partial charge in [0.2, 0.25) is 0 Å². The molecule has 1 aliphatic rings. The summed E-state index contributed by atoms with van der Waals surface area (Å²) < 4.78 is 32.6. The zero-order chi connectivity index (χ0) is 17.9. The fourth-order valence-electron chi connectivity index (χ4n) is 2.73. The Labute approximate surface area is 171 Å². The number of rotatable bonds is 8.